The van der Waals surface area contributed by atoms with Crippen molar-refractivity contribution in [2.24, 2.45) is 17.3 Å². The highest BCUT2D eigenvalue weighted by atomic mass is 16.3. The van der Waals surface area contributed by atoms with Crippen molar-refractivity contribution in [1.29, 1.82) is 0 Å². The molecule has 1 saturated heterocycles. The Hall–Kier alpha value is -0.900. The first-order valence-corrected chi connectivity index (χ1v) is 6.33. The van der Waals surface area contributed by atoms with Gasteiger partial charge in [-0.05, 0) is 18.3 Å². The summed E-state index contributed by atoms with van der Waals surface area (Å²) in [7, 11) is 0. The van der Waals surface area contributed by atoms with Gasteiger partial charge in [0, 0.05) is 5.41 Å². The molecular formula is C13H21NO3. The molecule has 96 valence electrons. The molecule has 1 aliphatic heterocycles. The molecule has 2 N–H and O–H groups in total. The van der Waals surface area contributed by atoms with E-state index in [-0.39, 0.29) is 35.4 Å². The van der Waals surface area contributed by atoms with Crippen LogP contribution in [-0.2, 0) is 9.59 Å². The number of aliphatic hydroxyl groups excluding tert-OH is 1. The zero-order valence-electron chi connectivity index (χ0n) is 10.9. The van der Waals surface area contributed by atoms with Crippen LogP contribution >= 0.6 is 0 Å². The molecular weight excluding hydrogens is 218 g/mol. The first-order valence-electron chi connectivity index (χ1n) is 6.33. The normalized spacial score (nSPS) is 50.1. The Bertz CT molecular complexity index is 371. The average Bonchev–Trinajstić information content (AvgIpc) is 2.28. The minimum Gasteiger partial charge on any atom is -0.385 e. The van der Waals surface area contributed by atoms with E-state index in [2.05, 4.69) is 12.2 Å². The molecule has 0 aromatic heterocycles. The molecule has 0 aromatic rings. The van der Waals surface area contributed by atoms with Gasteiger partial charge in [-0.25, -0.2) is 0 Å². The lowest BCUT2D eigenvalue weighted by Crippen LogP contribution is -2.76. The van der Waals surface area contributed by atoms with Gasteiger partial charge in [0.2, 0.25) is 5.91 Å². The van der Waals surface area contributed by atoms with Crippen LogP contribution in [0.2, 0.25) is 0 Å². The molecule has 4 nitrogen and oxygen atoms in total. The van der Waals surface area contributed by atoms with E-state index in [1.54, 1.807) is 0 Å². The lowest BCUT2D eigenvalue weighted by Gasteiger charge is -2.57. The van der Waals surface area contributed by atoms with E-state index in [0.717, 1.165) is 6.42 Å². The first kappa shape index (κ1) is 12.6. The Morgan fingerprint density at radius 3 is 2.29 bits per heavy atom. The fourth-order valence-electron chi connectivity index (χ4n) is 3.44. The number of carbonyl (C=O) groups is 2. The number of rotatable bonds is 1. The summed E-state index contributed by atoms with van der Waals surface area (Å²) in [6, 6.07) is 0. The third-order valence-corrected chi connectivity index (χ3v) is 5.44. The van der Waals surface area contributed by atoms with Crippen LogP contribution in [0.15, 0.2) is 0 Å². The van der Waals surface area contributed by atoms with E-state index in [0.29, 0.717) is 0 Å². The number of β-lactam (4-membered cyclic amide) rings is 1. The van der Waals surface area contributed by atoms with Crippen LogP contribution in [0.5, 0.6) is 0 Å². The molecule has 1 heterocycles. The number of aliphatic hydroxyl groups is 1. The summed E-state index contributed by atoms with van der Waals surface area (Å²) < 4.78 is 0. The van der Waals surface area contributed by atoms with E-state index in [1.807, 2.05) is 20.8 Å². The SMILES string of the molecule is CCC1(C)C(O)C(=O)C2(CC(=O)N2)C(C)C1C. The van der Waals surface area contributed by atoms with E-state index >= 15 is 0 Å². The van der Waals surface area contributed by atoms with Crippen LogP contribution in [-0.4, -0.2) is 28.4 Å². The second-order valence-corrected chi connectivity index (χ2v) is 5.90. The van der Waals surface area contributed by atoms with Gasteiger partial charge in [-0.15, -0.1) is 0 Å². The molecule has 2 fully saturated rings. The standard InChI is InChI=1S/C13H21NO3/c1-5-12(4)7(2)8(3)13(6-9(15)14-13)11(17)10(12)16/h7-8,10,16H,5-6H2,1-4H3,(H,14,15). The number of amides is 1. The van der Waals surface area contributed by atoms with Crippen LogP contribution < -0.4 is 5.32 Å². The summed E-state index contributed by atoms with van der Waals surface area (Å²) in [6.07, 6.45) is 0.0168. The van der Waals surface area contributed by atoms with Crippen molar-refractivity contribution in [3.8, 4) is 0 Å². The largest absolute Gasteiger partial charge is 0.385 e. The minimum atomic E-state index is -0.973. The molecule has 1 aliphatic carbocycles. The van der Waals surface area contributed by atoms with Crippen molar-refractivity contribution in [1.82, 2.24) is 5.32 Å². The van der Waals surface area contributed by atoms with Crippen LogP contribution in [0.25, 0.3) is 0 Å². The number of ketones is 1. The summed E-state index contributed by atoms with van der Waals surface area (Å²) in [5, 5.41) is 13.0. The lowest BCUT2D eigenvalue weighted by atomic mass is 9.52. The topological polar surface area (TPSA) is 66.4 Å². The summed E-state index contributed by atoms with van der Waals surface area (Å²) in [4.78, 5) is 23.5. The Morgan fingerprint density at radius 2 is 1.88 bits per heavy atom. The van der Waals surface area contributed by atoms with Gasteiger partial charge >= 0.3 is 0 Å². The van der Waals surface area contributed by atoms with Crippen molar-refractivity contribution in [2.75, 3.05) is 0 Å². The van der Waals surface area contributed by atoms with Crippen molar-refractivity contribution < 1.29 is 14.7 Å². The summed E-state index contributed by atoms with van der Waals surface area (Å²) in [5.74, 6) is -0.0291. The molecule has 1 spiro atoms. The fraction of sp³-hybridized carbons (Fsp3) is 0.846. The molecule has 0 radical (unpaired) electrons. The fourth-order valence-corrected chi connectivity index (χ4v) is 3.44. The quantitative estimate of drug-likeness (QED) is 0.667. The van der Waals surface area contributed by atoms with Crippen molar-refractivity contribution >= 4 is 11.7 Å². The number of hydrogen-bond donors (Lipinski definition) is 2. The molecule has 2 rings (SSSR count). The van der Waals surface area contributed by atoms with E-state index in [9.17, 15) is 14.7 Å². The lowest BCUT2D eigenvalue weighted by molar-refractivity contribution is -0.173. The second kappa shape index (κ2) is 3.55. The van der Waals surface area contributed by atoms with Gasteiger partial charge in [0.05, 0.1) is 6.42 Å². The van der Waals surface area contributed by atoms with Gasteiger partial charge in [0.15, 0.2) is 5.78 Å². The van der Waals surface area contributed by atoms with E-state index < -0.39 is 11.6 Å². The van der Waals surface area contributed by atoms with Gasteiger partial charge in [0.25, 0.3) is 0 Å². The molecule has 1 amide bonds. The maximum absolute atomic E-state index is 12.3. The highest BCUT2D eigenvalue weighted by molar-refractivity contribution is 6.05. The zero-order chi connectivity index (χ0) is 13.0. The predicted molar refractivity (Wildman–Crippen MR) is 63.2 cm³/mol. The highest BCUT2D eigenvalue weighted by Crippen LogP contribution is 2.51. The van der Waals surface area contributed by atoms with Gasteiger partial charge in [-0.1, -0.05) is 27.7 Å². The Kier molecular flexibility index (Phi) is 2.62. The minimum absolute atomic E-state index is 0.0704. The second-order valence-electron chi connectivity index (χ2n) is 5.90. The molecule has 5 atom stereocenters. The first-order chi connectivity index (χ1) is 7.79. The Morgan fingerprint density at radius 1 is 1.35 bits per heavy atom. The monoisotopic (exact) mass is 239 g/mol. The molecule has 5 unspecified atom stereocenters. The van der Waals surface area contributed by atoms with Gasteiger partial charge in [-0.3, -0.25) is 9.59 Å². The van der Waals surface area contributed by atoms with Gasteiger partial charge in [0.1, 0.15) is 11.6 Å². The van der Waals surface area contributed by atoms with Gasteiger partial charge in [-0.2, -0.15) is 0 Å². The Balaban J connectivity index is 2.38. The maximum Gasteiger partial charge on any atom is 0.223 e. The number of Topliss-reactive ketones (excluding diaryl/α,β-unsaturated/α-hetero) is 1. The molecule has 0 aromatic carbocycles. The van der Waals surface area contributed by atoms with Crippen molar-refractivity contribution in [3.63, 3.8) is 0 Å². The van der Waals surface area contributed by atoms with Crippen LogP contribution in [0.3, 0.4) is 0 Å². The summed E-state index contributed by atoms with van der Waals surface area (Å²) in [6.45, 7) is 8.03. The Labute approximate surface area is 102 Å². The van der Waals surface area contributed by atoms with E-state index in [4.69, 9.17) is 0 Å². The van der Waals surface area contributed by atoms with Crippen LogP contribution in [0, 0.1) is 17.3 Å². The smallest absolute Gasteiger partial charge is 0.223 e. The van der Waals surface area contributed by atoms with Crippen molar-refractivity contribution in [3.05, 3.63) is 0 Å². The maximum atomic E-state index is 12.3. The number of carbonyl (C=O) groups excluding carboxylic acids is 2. The molecule has 17 heavy (non-hydrogen) atoms. The number of hydrogen-bond acceptors (Lipinski definition) is 3. The van der Waals surface area contributed by atoms with Crippen molar-refractivity contribution in [2.45, 2.75) is 52.2 Å². The zero-order valence-corrected chi connectivity index (χ0v) is 10.9. The molecule has 1 saturated carbocycles. The predicted octanol–water partition coefficient (Wildman–Crippen LogP) is 0.877. The average molecular weight is 239 g/mol. The number of nitrogens with one attached hydrogen (secondary N) is 1. The molecule has 0 bridgehead atoms. The third-order valence-electron chi connectivity index (χ3n) is 5.44. The van der Waals surface area contributed by atoms with Crippen LogP contribution in [0.1, 0.15) is 40.5 Å². The molecule has 2 aliphatic rings. The third kappa shape index (κ3) is 1.33. The van der Waals surface area contributed by atoms with E-state index in [1.165, 1.54) is 0 Å². The van der Waals surface area contributed by atoms with Gasteiger partial charge < -0.3 is 10.4 Å². The highest BCUT2D eigenvalue weighted by Gasteiger charge is 2.64. The van der Waals surface area contributed by atoms with Crippen LogP contribution in [0.4, 0.5) is 0 Å². The summed E-state index contributed by atoms with van der Waals surface area (Å²) in [5.41, 5.74) is -1.19. The summed E-state index contributed by atoms with van der Waals surface area (Å²) >= 11 is 0. The molecule has 4 heteroatoms.